The van der Waals surface area contributed by atoms with Crippen molar-refractivity contribution in [2.24, 2.45) is 0 Å². The predicted octanol–water partition coefficient (Wildman–Crippen LogP) is 8.66. The van der Waals surface area contributed by atoms with Crippen molar-refractivity contribution in [1.29, 1.82) is 0 Å². The van der Waals surface area contributed by atoms with E-state index in [1.807, 2.05) is 0 Å². The predicted molar refractivity (Wildman–Crippen MR) is 137 cm³/mol. The lowest BCUT2D eigenvalue weighted by atomic mass is 10.1. The summed E-state index contributed by atoms with van der Waals surface area (Å²) < 4.78 is 3.17. The average Bonchev–Trinajstić information content (AvgIpc) is 2.69. The molecule has 0 aromatic carbocycles. The van der Waals surface area contributed by atoms with E-state index in [-0.39, 0.29) is 0 Å². The summed E-state index contributed by atoms with van der Waals surface area (Å²) in [6.07, 6.45) is 9.40. The molecule has 0 saturated carbocycles. The van der Waals surface area contributed by atoms with E-state index < -0.39 is 23.9 Å². The second kappa shape index (κ2) is 15.1. The van der Waals surface area contributed by atoms with Crippen LogP contribution >= 0.6 is 22.2 Å². The normalized spacial score (nSPS) is 14.3. The molecule has 0 radical (unpaired) electrons. The summed E-state index contributed by atoms with van der Waals surface area (Å²) in [6, 6.07) is 8.15. The van der Waals surface area contributed by atoms with Gasteiger partial charge in [0.05, 0.1) is 0 Å². The highest BCUT2D eigenvalue weighted by Crippen LogP contribution is 2.40. The number of halogens is 2. The molecule has 0 aromatic rings. The summed E-state index contributed by atoms with van der Waals surface area (Å²) in [5.41, 5.74) is 0.512. The van der Waals surface area contributed by atoms with Crippen LogP contribution in [0.3, 0.4) is 0 Å². The maximum atomic E-state index is 6.86. The van der Waals surface area contributed by atoms with E-state index in [0.717, 1.165) is 0 Å². The van der Waals surface area contributed by atoms with Crippen LogP contribution in [0.1, 0.15) is 93.4 Å². The summed E-state index contributed by atoms with van der Waals surface area (Å²) in [6.45, 7) is 17.0. The van der Waals surface area contributed by atoms with Gasteiger partial charge in [-0.25, -0.2) is 0 Å². The van der Waals surface area contributed by atoms with Crippen molar-refractivity contribution in [1.82, 2.24) is 4.23 Å². The zero-order chi connectivity index (χ0) is 20.9. The Balaban J connectivity index is 5.68. The van der Waals surface area contributed by atoms with Crippen LogP contribution in [-0.4, -0.2) is 33.8 Å². The van der Waals surface area contributed by atoms with Gasteiger partial charge >= 0.3 is 0 Å². The second-order valence-corrected chi connectivity index (χ2v) is 23.9. The van der Waals surface area contributed by atoms with Crippen molar-refractivity contribution >= 4 is 46.0 Å². The first-order valence-electron chi connectivity index (χ1n) is 12.0. The number of nitrogens with zero attached hydrogens (tertiary/aromatic N) is 1. The Morgan fingerprint density at radius 3 is 1.33 bits per heavy atom. The fraction of sp³-hybridized carbons (Fsp3) is 1.00. The van der Waals surface area contributed by atoms with Gasteiger partial charge in [0.2, 0.25) is 0 Å². The van der Waals surface area contributed by atoms with Crippen molar-refractivity contribution < 1.29 is 0 Å². The van der Waals surface area contributed by atoms with Crippen LogP contribution in [0.2, 0.25) is 36.3 Å². The molecule has 6 heteroatoms. The topological polar surface area (TPSA) is 3.24 Å². The summed E-state index contributed by atoms with van der Waals surface area (Å²) >= 11 is 13.7. The van der Waals surface area contributed by atoms with E-state index in [1.54, 1.807) is 0 Å². The Hall–Kier alpha value is 1.19. The van der Waals surface area contributed by atoms with Gasteiger partial charge in [-0.3, -0.25) is 0 Å². The number of rotatable bonds is 17. The molecule has 0 fully saturated rings. The van der Waals surface area contributed by atoms with Crippen LogP contribution in [0.15, 0.2) is 0 Å². The summed E-state index contributed by atoms with van der Waals surface area (Å²) in [4.78, 5) is 0. The third-order valence-electron chi connectivity index (χ3n) is 7.45. The molecule has 0 amide bonds. The van der Waals surface area contributed by atoms with Crippen LogP contribution in [0.5, 0.6) is 0 Å². The molecule has 0 aliphatic rings. The molecule has 1 atom stereocenters. The standard InChI is InChI=1S/C21H49Cl2NSi3/c1-8-15-16-17-18-19-20-21(25(22)23)24(26(9-2,10-3)11-4)27(12-5,13-6)14-7/h21,25H,8-20H2,1-7H3. The van der Waals surface area contributed by atoms with Gasteiger partial charge in [0, 0.05) is 5.67 Å². The second-order valence-electron chi connectivity index (χ2n) is 8.40. The molecule has 0 aliphatic heterocycles. The quantitative estimate of drug-likeness (QED) is 0.117. The fourth-order valence-electron chi connectivity index (χ4n) is 5.23. The lowest BCUT2D eigenvalue weighted by Gasteiger charge is -2.56. The van der Waals surface area contributed by atoms with Crippen LogP contribution in [0, 0.1) is 0 Å². The largest absolute Gasteiger partial charge is 0.343 e. The fourth-order valence-corrected chi connectivity index (χ4v) is 24.9. The Kier molecular flexibility index (Phi) is 15.7. The van der Waals surface area contributed by atoms with E-state index in [9.17, 15) is 0 Å². The number of hydrogen-bond acceptors (Lipinski definition) is 1. The molecule has 0 heterocycles. The van der Waals surface area contributed by atoms with Gasteiger partial charge in [-0.15, -0.1) is 22.2 Å². The summed E-state index contributed by atoms with van der Waals surface area (Å²) in [5.74, 6) is 0. The van der Waals surface area contributed by atoms with E-state index in [0.29, 0.717) is 5.67 Å². The molecule has 0 bridgehead atoms. The molecule has 27 heavy (non-hydrogen) atoms. The zero-order valence-corrected chi connectivity index (χ0v) is 24.2. The highest BCUT2D eigenvalue weighted by atomic mass is 35.7. The van der Waals surface area contributed by atoms with E-state index >= 15 is 0 Å². The van der Waals surface area contributed by atoms with Crippen molar-refractivity contribution in [2.45, 2.75) is 135 Å². The molecule has 1 unspecified atom stereocenters. The minimum atomic E-state index is -1.75. The monoisotopic (exact) mass is 469 g/mol. The SMILES string of the molecule is CCCCCCCCC(N([Si](CC)(CC)CC)[Si](CC)(CC)CC)[SiH](Cl)Cl. The molecule has 0 spiro atoms. The van der Waals surface area contributed by atoms with Crippen LogP contribution in [0.4, 0.5) is 0 Å². The van der Waals surface area contributed by atoms with Gasteiger partial charge in [-0.05, 0) is 42.7 Å². The van der Waals surface area contributed by atoms with Gasteiger partial charge in [0.25, 0.3) is 7.42 Å². The lowest BCUT2D eigenvalue weighted by Crippen LogP contribution is -2.70. The molecule has 0 aromatic heterocycles. The average molecular weight is 471 g/mol. The molecular weight excluding hydrogens is 421 g/mol. The number of hydrogen-bond donors (Lipinski definition) is 0. The highest BCUT2D eigenvalue weighted by Gasteiger charge is 2.50. The molecule has 0 N–H and O–H groups in total. The third-order valence-corrected chi connectivity index (χ3v) is 24.5. The zero-order valence-electron chi connectivity index (χ0n) is 19.6. The van der Waals surface area contributed by atoms with Crippen LogP contribution in [0.25, 0.3) is 0 Å². The molecule has 164 valence electrons. The smallest absolute Gasteiger partial charge is 0.252 e. The first-order chi connectivity index (χ1) is 12.9. The molecule has 0 aliphatic carbocycles. The highest BCUT2D eigenvalue weighted by molar-refractivity contribution is 7.34. The maximum Gasteiger partial charge on any atom is 0.252 e. The molecule has 0 saturated heterocycles. The van der Waals surface area contributed by atoms with Gasteiger partial charge in [0.15, 0.2) is 0 Å². The molecular formula is C21H49Cl2NSi3. The Morgan fingerprint density at radius 2 is 1.00 bits per heavy atom. The maximum absolute atomic E-state index is 6.86. The Labute approximate surface area is 185 Å². The van der Waals surface area contributed by atoms with E-state index in [2.05, 4.69) is 52.7 Å². The minimum absolute atomic E-state index is 0.512. The Morgan fingerprint density at radius 1 is 0.630 bits per heavy atom. The summed E-state index contributed by atoms with van der Waals surface area (Å²) in [5, 5.41) is 0. The van der Waals surface area contributed by atoms with Gasteiger partial charge in [-0.1, -0.05) is 87.0 Å². The molecule has 0 rings (SSSR count). The van der Waals surface area contributed by atoms with Gasteiger partial charge in [0.1, 0.15) is 16.5 Å². The van der Waals surface area contributed by atoms with Crippen LogP contribution < -0.4 is 0 Å². The van der Waals surface area contributed by atoms with E-state index in [1.165, 1.54) is 81.2 Å². The Bertz CT molecular complexity index is 325. The summed E-state index contributed by atoms with van der Waals surface area (Å²) in [7, 11) is -4.73. The van der Waals surface area contributed by atoms with Gasteiger partial charge in [-0.2, -0.15) is 0 Å². The first-order valence-corrected chi connectivity index (χ1v) is 21.2. The number of unbranched alkanes of at least 4 members (excludes halogenated alkanes) is 5. The third kappa shape index (κ3) is 7.75. The van der Waals surface area contributed by atoms with E-state index in [4.69, 9.17) is 22.2 Å². The van der Waals surface area contributed by atoms with Crippen molar-refractivity contribution in [3.05, 3.63) is 0 Å². The van der Waals surface area contributed by atoms with Crippen LogP contribution in [-0.2, 0) is 0 Å². The minimum Gasteiger partial charge on any atom is -0.343 e. The lowest BCUT2D eigenvalue weighted by molar-refractivity contribution is 0.471. The molecule has 1 nitrogen and oxygen atoms in total. The first kappa shape index (κ1) is 28.2. The van der Waals surface area contributed by atoms with Crippen molar-refractivity contribution in [3.8, 4) is 0 Å². The van der Waals surface area contributed by atoms with Crippen molar-refractivity contribution in [2.75, 3.05) is 0 Å². The van der Waals surface area contributed by atoms with Crippen molar-refractivity contribution in [3.63, 3.8) is 0 Å². The van der Waals surface area contributed by atoms with Gasteiger partial charge < -0.3 is 4.23 Å².